The Kier molecular flexibility index (Phi) is 484. The van der Waals surface area contributed by atoms with Crippen LogP contribution in [0.5, 0.6) is 0 Å². The van der Waals surface area contributed by atoms with Crippen molar-refractivity contribution in [2.45, 2.75) is 0 Å². The molecule has 0 saturated carbocycles. The van der Waals surface area contributed by atoms with Crippen molar-refractivity contribution in [3.8, 4) is 0 Å². The molecule has 0 N–H and O–H groups in total. The standard InChI is InChI=1S/C5H7.3CO.Fe/c1-3-5-4-2;3*1-2;/h3-5H,1-2H2;;;;/q+1;;;;. The van der Waals surface area contributed by atoms with Crippen LogP contribution in [0.4, 0.5) is 0 Å². The van der Waals surface area contributed by atoms with E-state index >= 15 is 0 Å². The molecule has 0 aliphatic carbocycles. The van der Waals surface area contributed by atoms with Crippen molar-refractivity contribution >= 4 is 0 Å². The molecule has 3 nitrogen and oxygen atoms in total. The van der Waals surface area contributed by atoms with Gasteiger partial charge in [-0.25, -0.2) is 0 Å². The topological polar surface area (TPSA) is 59.7 Å². The van der Waals surface area contributed by atoms with E-state index in [1.54, 1.807) is 18.6 Å². The maximum atomic E-state index is 7.50. The van der Waals surface area contributed by atoms with Crippen LogP contribution in [0.25, 0.3) is 0 Å². The van der Waals surface area contributed by atoms with Gasteiger partial charge in [-0.15, -0.1) is 0 Å². The predicted octanol–water partition coefficient (Wildman–Crippen LogP) is 1.45. The van der Waals surface area contributed by atoms with Gasteiger partial charge in [-0.05, 0) is 13.2 Å². The summed E-state index contributed by atoms with van der Waals surface area (Å²) in [4.78, 5) is 0. The van der Waals surface area contributed by atoms with Crippen molar-refractivity contribution in [2.75, 3.05) is 0 Å². The second-order valence-electron chi connectivity index (χ2n) is 0.664. The first-order chi connectivity index (χ1) is 5.41. The Morgan fingerprint density at radius 3 is 1.00 bits per heavy atom. The Balaban J connectivity index is -0.0000000203. The molecule has 0 rings (SSSR count). The Labute approximate surface area is 83.2 Å². The van der Waals surface area contributed by atoms with E-state index < -0.39 is 0 Å². The van der Waals surface area contributed by atoms with Gasteiger partial charge < -0.3 is 0 Å². The molecule has 0 aromatic heterocycles. The van der Waals surface area contributed by atoms with Crippen molar-refractivity contribution in [3.05, 3.63) is 51.7 Å². The minimum atomic E-state index is 0. The van der Waals surface area contributed by atoms with E-state index in [0.717, 1.165) is 0 Å². The van der Waals surface area contributed by atoms with Crippen LogP contribution in [-0.2, 0) is 31.0 Å². The molecule has 0 radical (unpaired) electrons. The van der Waals surface area contributed by atoms with Gasteiger partial charge in [0, 0.05) is 35.6 Å². The number of hydrogen-bond donors (Lipinski definition) is 0. The van der Waals surface area contributed by atoms with Gasteiger partial charge in [0.05, 0.1) is 0 Å². The summed E-state index contributed by atoms with van der Waals surface area (Å²) in [6.45, 7) is 20.3. The minimum absolute atomic E-state index is 0. The third-order valence-electron chi connectivity index (χ3n) is 0.272. The van der Waals surface area contributed by atoms with Crippen LogP contribution in [0.2, 0.25) is 0 Å². The Morgan fingerprint density at radius 1 is 0.833 bits per heavy atom. The third kappa shape index (κ3) is 501. The molecule has 0 aliphatic heterocycles. The van der Waals surface area contributed by atoms with Gasteiger partial charge in [0.25, 0.3) is 0 Å². The quantitative estimate of drug-likeness (QED) is 0.373. The van der Waals surface area contributed by atoms with Gasteiger partial charge >= 0.3 is 33.9 Å². The van der Waals surface area contributed by atoms with E-state index in [4.69, 9.17) is 14.0 Å². The number of allylic oxidation sites excluding steroid dienone is 2. The van der Waals surface area contributed by atoms with Crippen molar-refractivity contribution in [1.82, 2.24) is 0 Å². The Morgan fingerprint density at radius 2 is 1.00 bits per heavy atom. The summed E-state index contributed by atoms with van der Waals surface area (Å²) >= 11 is 0. The second kappa shape index (κ2) is 191. The van der Waals surface area contributed by atoms with Gasteiger partial charge in [0.2, 0.25) is 0 Å². The molecule has 0 atom stereocenters. The molecular weight excluding hydrogens is 200 g/mol. The average molecular weight is 207 g/mol. The van der Waals surface area contributed by atoms with Crippen LogP contribution < -0.4 is 0 Å². The Hall–Kier alpha value is -0.911. The minimum Gasteiger partial charge on any atom is 0 e. The van der Waals surface area contributed by atoms with E-state index in [1.165, 1.54) is 0 Å². The van der Waals surface area contributed by atoms with E-state index in [9.17, 15) is 0 Å². The molecule has 0 saturated heterocycles. The van der Waals surface area contributed by atoms with E-state index in [1.807, 2.05) is 0 Å². The van der Waals surface area contributed by atoms with Crippen LogP contribution in [0.3, 0.4) is 0 Å². The number of hydrogen-bond acceptors (Lipinski definition) is 0. The first-order valence-electron chi connectivity index (χ1n) is 2.10. The first-order valence-corrected chi connectivity index (χ1v) is 2.10. The molecule has 12 heavy (non-hydrogen) atoms. The largest absolute Gasteiger partial charge is 0 e. The van der Waals surface area contributed by atoms with Crippen LogP contribution in [0.15, 0.2) is 25.3 Å². The van der Waals surface area contributed by atoms with Crippen LogP contribution in [-0.4, -0.2) is 0 Å². The molecule has 0 aromatic rings. The second-order valence-corrected chi connectivity index (χ2v) is 0.664. The zero-order valence-corrected chi connectivity index (χ0v) is 7.33. The first kappa shape index (κ1) is 30.4. The molecule has 0 aromatic carbocycles. The average Bonchev–Trinajstić information content (AvgIpc) is 2.16. The third-order valence-corrected chi connectivity index (χ3v) is 0.272. The van der Waals surface area contributed by atoms with E-state index in [0.29, 0.717) is 0 Å². The summed E-state index contributed by atoms with van der Waals surface area (Å²) in [5.74, 6) is 0. The van der Waals surface area contributed by atoms with Crippen LogP contribution in [0.1, 0.15) is 0 Å². The normalized spacial score (nSPS) is 2.83. The van der Waals surface area contributed by atoms with Crippen molar-refractivity contribution < 1.29 is 31.0 Å². The summed E-state index contributed by atoms with van der Waals surface area (Å²) in [6.07, 6.45) is 5.15. The van der Waals surface area contributed by atoms with Gasteiger partial charge in [-0.2, -0.15) is 0 Å². The number of rotatable bonds is 2. The maximum absolute atomic E-state index is 7.50. The van der Waals surface area contributed by atoms with Gasteiger partial charge in [0.1, 0.15) is 0 Å². The zero-order valence-electron chi connectivity index (χ0n) is 6.22. The smallest absolute Gasteiger partial charge is 0 e. The molecule has 0 aliphatic rings. The molecule has 64 valence electrons. The van der Waals surface area contributed by atoms with E-state index in [2.05, 4.69) is 33.1 Å². The predicted molar refractivity (Wildman–Crippen MR) is 36.5 cm³/mol. The summed E-state index contributed by atoms with van der Waals surface area (Å²) < 4.78 is 22.5. The van der Waals surface area contributed by atoms with Gasteiger partial charge in [-0.1, -0.05) is 0 Å². The van der Waals surface area contributed by atoms with Gasteiger partial charge in [-0.3, -0.25) is 0 Å². The molecular formula is C8H7FeO3+. The monoisotopic (exact) mass is 207 g/mol. The summed E-state index contributed by atoms with van der Waals surface area (Å²) in [5.41, 5.74) is 0. The molecule has 4 heteroatoms. The molecule has 0 heterocycles. The Bertz CT molecular complexity index is 104. The van der Waals surface area contributed by atoms with Crippen molar-refractivity contribution in [1.29, 1.82) is 0 Å². The van der Waals surface area contributed by atoms with Crippen LogP contribution >= 0.6 is 0 Å². The van der Waals surface area contributed by atoms with Gasteiger partial charge in [0.15, 0.2) is 0 Å². The summed E-state index contributed by atoms with van der Waals surface area (Å²) in [7, 11) is 0. The fourth-order valence-corrected chi connectivity index (χ4v) is 0.0962. The summed E-state index contributed by atoms with van der Waals surface area (Å²) in [6, 6.07) is 0. The zero-order chi connectivity index (χ0) is 10.1. The molecule has 0 fully saturated rings. The molecule has 0 bridgehead atoms. The fraction of sp³-hybridized carbons (Fsp3) is 0. The molecule has 0 unspecified atom stereocenters. The SMILES string of the molecule is C=C[CH+]C=C.[C-]#[O+].[C-]#[O+].[C-]#[O+].[Fe]. The fourth-order valence-electron chi connectivity index (χ4n) is 0.0962. The van der Waals surface area contributed by atoms with E-state index in [-0.39, 0.29) is 17.1 Å². The van der Waals surface area contributed by atoms with Crippen molar-refractivity contribution in [3.63, 3.8) is 0 Å². The van der Waals surface area contributed by atoms with Crippen molar-refractivity contribution in [2.24, 2.45) is 0 Å². The maximum Gasteiger partial charge on any atom is 0 e. The molecule has 0 amide bonds. The van der Waals surface area contributed by atoms with Crippen LogP contribution in [0, 0.1) is 26.4 Å². The molecule has 0 spiro atoms. The summed E-state index contributed by atoms with van der Waals surface area (Å²) in [5, 5.41) is 0.